The number of rotatable bonds is 5. The van der Waals surface area contributed by atoms with Gasteiger partial charge in [-0.3, -0.25) is 4.79 Å². The number of thioether (sulfide) groups is 1. The molecule has 0 aromatic carbocycles. The van der Waals surface area contributed by atoms with Gasteiger partial charge in [0.05, 0.1) is 12.7 Å². The van der Waals surface area contributed by atoms with Crippen molar-refractivity contribution in [2.45, 2.75) is 122 Å². The number of carbonyl (C=O) groups is 1. The van der Waals surface area contributed by atoms with E-state index in [4.69, 9.17) is 19.9 Å². The van der Waals surface area contributed by atoms with Crippen LogP contribution < -0.4 is 5.73 Å². The van der Waals surface area contributed by atoms with Crippen molar-refractivity contribution < 1.29 is 19.0 Å². The van der Waals surface area contributed by atoms with Crippen molar-refractivity contribution in [2.75, 3.05) is 18.6 Å². The zero-order chi connectivity index (χ0) is 26.9. The summed E-state index contributed by atoms with van der Waals surface area (Å²) in [6.07, 6.45) is 15.3. The van der Waals surface area contributed by atoms with Gasteiger partial charge in [-0.1, -0.05) is 27.7 Å². The summed E-state index contributed by atoms with van der Waals surface area (Å²) in [7, 11) is 0. The lowest BCUT2D eigenvalue weighted by molar-refractivity contribution is -0.273. The highest BCUT2D eigenvalue weighted by molar-refractivity contribution is 7.98. The van der Waals surface area contributed by atoms with Crippen LogP contribution in [0.2, 0.25) is 0 Å². The molecule has 13 atom stereocenters. The topological polar surface area (TPSA) is 70.8 Å². The third kappa shape index (κ3) is 4.32. The van der Waals surface area contributed by atoms with Crippen LogP contribution in [0.3, 0.4) is 0 Å². The Bertz CT molecular complexity index is 891. The molecule has 8 unspecified atom stereocenters. The van der Waals surface area contributed by atoms with E-state index in [2.05, 4.69) is 34.0 Å². The first-order valence-electron chi connectivity index (χ1n) is 15.9. The van der Waals surface area contributed by atoms with Gasteiger partial charge >= 0.3 is 5.97 Å². The van der Waals surface area contributed by atoms with Gasteiger partial charge < -0.3 is 19.9 Å². The lowest BCUT2D eigenvalue weighted by Crippen LogP contribution is -2.55. The summed E-state index contributed by atoms with van der Waals surface area (Å²) in [4.78, 5) is 12.6. The Morgan fingerprint density at radius 3 is 2.55 bits per heavy atom. The summed E-state index contributed by atoms with van der Waals surface area (Å²) < 4.78 is 19.5. The number of hydrogen-bond donors (Lipinski definition) is 1. The average molecular weight is 548 g/mol. The number of ether oxygens (including phenoxy) is 3. The molecule has 2 N–H and O–H groups in total. The molecule has 6 rings (SSSR count). The van der Waals surface area contributed by atoms with Gasteiger partial charge in [0.25, 0.3) is 0 Å². The van der Waals surface area contributed by atoms with Crippen LogP contribution >= 0.6 is 11.8 Å². The second-order valence-electron chi connectivity index (χ2n) is 14.9. The van der Waals surface area contributed by atoms with E-state index >= 15 is 0 Å². The summed E-state index contributed by atoms with van der Waals surface area (Å²) in [5.74, 6) is 5.25. The molecule has 4 saturated carbocycles. The number of fused-ring (bicyclic) bond motifs is 7. The molecular weight excluding hydrogens is 494 g/mol. The molecule has 2 aliphatic heterocycles. The third-order valence-electron chi connectivity index (χ3n) is 13.1. The first-order valence-corrected chi connectivity index (χ1v) is 17.3. The fourth-order valence-electron chi connectivity index (χ4n) is 11.0. The normalized spacial score (nSPS) is 52.5. The monoisotopic (exact) mass is 547 g/mol. The Morgan fingerprint density at radius 2 is 1.82 bits per heavy atom. The van der Waals surface area contributed by atoms with Crippen LogP contribution in [0.4, 0.5) is 0 Å². The molecule has 6 fully saturated rings. The summed E-state index contributed by atoms with van der Waals surface area (Å²) in [5, 5.41) is 0. The van der Waals surface area contributed by atoms with Gasteiger partial charge in [-0.2, -0.15) is 11.8 Å². The van der Waals surface area contributed by atoms with Gasteiger partial charge in [0.1, 0.15) is 12.1 Å². The SMILES string of the molecule is CSCCC(N)C(=O)O[C@@H]1CC[C@@]2(C)C(CCC3C2CC[C@@]2(C)C3CC3O[C@]4(CC[C@H](C)CO4)C(C)C32)C1. The quantitative estimate of drug-likeness (QED) is 0.400. The van der Waals surface area contributed by atoms with E-state index in [1.54, 1.807) is 11.8 Å². The van der Waals surface area contributed by atoms with Gasteiger partial charge in [-0.15, -0.1) is 0 Å². The number of carbonyl (C=O) groups excluding carboxylic acids is 1. The van der Waals surface area contributed by atoms with E-state index in [9.17, 15) is 4.79 Å². The Hall–Kier alpha value is -0.300. The molecule has 4 aliphatic carbocycles. The average Bonchev–Trinajstić information content (AvgIpc) is 3.34. The summed E-state index contributed by atoms with van der Waals surface area (Å²) in [6, 6.07) is -0.476. The van der Waals surface area contributed by atoms with E-state index in [-0.39, 0.29) is 17.9 Å². The molecule has 2 heterocycles. The maximum atomic E-state index is 12.6. The molecule has 38 heavy (non-hydrogen) atoms. The molecular formula is C32H53NO4S. The van der Waals surface area contributed by atoms with Gasteiger partial charge in [0.15, 0.2) is 5.79 Å². The highest BCUT2D eigenvalue weighted by atomic mass is 32.2. The molecule has 0 radical (unpaired) electrons. The molecule has 2 saturated heterocycles. The van der Waals surface area contributed by atoms with Gasteiger partial charge in [-0.25, -0.2) is 0 Å². The predicted octanol–water partition coefficient (Wildman–Crippen LogP) is 6.43. The molecule has 6 heteroatoms. The van der Waals surface area contributed by atoms with E-state index < -0.39 is 6.04 Å². The molecule has 0 aromatic rings. The van der Waals surface area contributed by atoms with Crippen LogP contribution in [-0.2, 0) is 19.0 Å². The highest BCUT2D eigenvalue weighted by Crippen LogP contribution is 2.71. The Balaban J connectivity index is 1.12. The molecule has 0 aromatic heterocycles. The lowest BCUT2D eigenvalue weighted by Gasteiger charge is -2.61. The third-order valence-corrected chi connectivity index (χ3v) is 13.7. The van der Waals surface area contributed by atoms with Crippen LogP contribution in [0.1, 0.15) is 98.3 Å². The van der Waals surface area contributed by atoms with Crippen LogP contribution in [0.15, 0.2) is 0 Å². The minimum Gasteiger partial charge on any atom is -0.461 e. The van der Waals surface area contributed by atoms with Crippen molar-refractivity contribution in [1.29, 1.82) is 0 Å². The van der Waals surface area contributed by atoms with Crippen molar-refractivity contribution >= 4 is 17.7 Å². The molecule has 216 valence electrons. The van der Waals surface area contributed by atoms with Gasteiger partial charge in [-0.05, 0) is 123 Å². The zero-order valence-electron chi connectivity index (χ0n) is 24.6. The standard InChI is InChI=1S/C32H53NO4S/c1-19-8-14-32(35-18-19)20(2)28-27(37-32)17-25-23-7-6-21-16-22(36-29(34)26(33)11-15-38-5)9-12-30(21,3)24(23)10-13-31(25,28)4/h19-28H,6-18,33H2,1-5H3/t19-,20?,21?,22+,23?,24?,25?,26?,27?,28?,30-,31-,32+/m0/s1. The lowest BCUT2D eigenvalue weighted by atomic mass is 9.44. The van der Waals surface area contributed by atoms with Crippen LogP contribution in [0.25, 0.3) is 0 Å². The zero-order valence-corrected chi connectivity index (χ0v) is 25.4. The number of hydrogen-bond acceptors (Lipinski definition) is 6. The molecule has 0 bridgehead atoms. The molecule has 1 spiro atoms. The molecule has 0 amide bonds. The first-order chi connectivity index (χ1) is 18.1. The van der Waals surface area contributed by atoms with Crippen LogP contribution in [0, 0.1) is 52.3 Å². The van der Waals surface area contributed by atoms with Crippen molar-refractivity contribution in [1.82, 2.24) is 0 Å². The van der Waals surface area contributed by atoms with Crippen molar-refractivity contribution in [3.05, 3.63) is 0 Å². The number of nitrogens with two attached hydrogens (primary N) is 1. The summed E-state index contributed by atoms with van der Waals surface area (Å²) in [6.45, 7) is 10.8. The van der Waals surface area contributed by atoms with E-state index in [0.717, 1.165) is 49.4 Å². The van der Waals surface area contributed by atoms with Crippen molar-refractivity contribution in [3.8, 4) is 0 Å². The van der Waals surface area contributed by atoms with Gasteiger partial charge in [0.2, 0.25) is 0 Å². The van der Waals surface area contributed by atoms with Crippen molar-refractivity contribution in [3.63, 3.8) is 0 Å². The van der Waals surface area contributed by atoms with Crippen LogP contribution in [-0.4, -0.2) is 48.6 Å². The fourth-order valence-corrected chi connectivity index (χ4v) is 11.4. The molecule has 5 nitrogen and oxygen atoms in total. The largest absolute Gasteiger partial charge is 0.461 e. The highest BCUT2D eigenvalue weighted by Gasteiger charge is 2.69. The maximum Gasteiger partial charge on any atom is 0.323 e. The summed E-state index contributed by atoms with van der Waals surface area (Å²) in [5.41, 5.74) is 6.88. The minimum absolute atomic E-state index is 0.0563. The Morgan fingerprint density at radius 1 is 1.03 bits per heavy atom. The van der Waals surface area contributed by atoms with Crippen LogP contribution in [0.5, 0.6) is 0 Å². The fraction of sp³-hybridized carbons (Fsp3) is 0.969. The van der Waals surface area contributed by atoms with E-state index in [1.165, 1.54) is 44.9 Å². The van der Waals surface area contributed by atoms with E-state index in [0.29, 0.717) is 47.0 Å². The minimum atomic E-state index is -0.476. The smallest absolute Gasteiger partial charge is 0.323 e. The van der Waals surface area contributed by atoms with Crippen molar-refractivity contribution in [2.24, 2.45) is 58.0 Å². The second-order valence-corrected chi connectivity index (χ2v) is 15.9. The second kappa shape index (κ2) is 10.2. The number of esters is 1. The molecule has 6 aliphatic rings. The van der Waals surface area contributed by atoms with Gasteiger partial charge in [0, 0.05) is 12.3 Å². The summed E-state index contributed by atoms with van der Waals surface area (Å²) >= 11 is 1.73. The van der Waals surface area contributed by atoms with E-state index in [1.807, 2.05) is 0 Å². The Labute approximate surface area is 235 Å². The Kier molecular flexibility index (Phi) is 7.48. The predicted molar refractivity (Wildman–Crippen MR) is 153 cm³/mol. The first kappa shape index (κ1) is 27.8. The maximum absolute atomic E-state index is 12.6.